The number of hydrogen-bond donors (Lipinski definition) is 0. The largest absolute Gasteiger partial charge is 0.480 e. The van der Waals surface area contributed by atoms with E-state index in [1.807, 2.05) is 0 Å². The summed E-state index contributed by atoms with van der Waals surface area (Å²) in [4.78, 5) is 23.1. The van der Waals surface area contributed by atoms with Gasteiger partial charge in [0.2, 0.25) is 0 Å². The first-order chi connectivity index (χ1) is 8.44. The van der Waals surface area contributed by atoms with Gasteiger partial charge in [-0.3, -0.25) is 4.79 Å². The molecule has 1 fully saturated rings. The van der Waals surface area contributed by atoms with Crippen LogP contribution < -0.4 is 0 Å². The Hall–Kier alpha value is -1.10. The number of fused-ring (bicyclic) bond motifs is 1. The molecule has 0 aromatic heterocycles. The Morgan fingerprint density at radius 1 is 1.44 bits per heavy atom. The average molecular weight is 315 g/mol. The molecule has 2 rings (SSSR count). The van der Waals surface area contributed by atoms with Crippen LogP contribution in [0.3, 0.4) is 0 Å². The van der Waals surface area contributed by atoms with Gasteiger partial charge in [-0.25, -0.2) is 4.79 Å². The van der Waals surface area contributed by atoms with Crippen molar-refractivity contribution in [2.45, 2.75) is 32.3 Å². The van der Waals surface area contributed by atoms with Crippen molar-refractivity contribution in [1.82, 2.24) is 0 Å². The summed E-state index contributed by atoms with van der Waals surface area (Å²) in [6, 6.07) is 0. The third-order valence-corrected chi connectivity index (χ3v) is 3.78. The summed E-state index contributed by atoms with van der Waals surface area (Å²) >= 11 is 3.22. The van der Waals surface area contributed by atoms with Crippen LogP contribution in [-0.4, -0.2) is 24.0 Å². The molecular formula is C13H15BrO4. The number of allylic oxidation sites excluding steroid dienone is 2. The van der Waals surface area contributed by atoms with Crippen LogP contribution in [0.2, 0.25) is 0 Å². The first-order valence-corrected chi connectivity index (χ1v) is 6.72. The number of hydrogen-bond acceptors (Lipinski definition) is 4. The molecule has 1 atom stereocenters. The number of halogens is 1. The molecule has 0 amide bonds. The lowest BCUT2D eigenvalue weighted by Crippen LogP contribution is -2.45. The van der Waals surface area contributed by atoms with Gasteiger partial charge in [0.15, 0.2) is 23.8 Å². The van der Waals surface area contributed by atoms with Crippen molar-refractivity contribution in [2.24, 2.45) is 5.92 Å². The van der Waals surface area contributed by atoms with Crippen molar-refractivity contribution in [1.29, 1.82) is 0 Å². The van der Waals surface area contributed by atoms with Gasteiger partial charge >= 0.3 is 5.97 Å². The number of rotatable bonds is 3. The molecule has 1 saturated heterocycles. The zero-order valence-electron chi connectivity index (χ0n) is 10.4. The Kier molecular flexibility index (Phi) is 3.61. The van der Waals surface area contributed by atoms with Crippen molar-refractivity contribution >= 4 is 27.7 Å². The van der Waals surface area contributed by atoms with Crippen LogP contribution in [0.4, 0.5) is 0 Å². The smallest absolute Gasteiger partial charge is 0.345 e. The fourth-order valence-corrected chi connectivity index (χ4v) is 2.62. The lowest BCUT2D eigenvalue weighted by atomic mass is 9.87. The van der Waals surface area contributed by atoms with Gasteiger partial charge in [-0.15, -0.1) is 0 Å². The van der Waals surface area contributed by atoms with E-state index in [1.165, 1.54) is 6.08 Å². The van der Waals surface area contributed by atoms with Gasteiger partial charge in [0, 0.05) is 0 Å². The number of ether oxygens (including phenoxy) is 2. The SMILES string of the molecule is CC(C)CC[C@]12C=CC(=O)C(Br)=C1OCC(=O)O2. The molecule has 1 aliphatic carbocycles. The van der Waals surface area contributed by atoms with Gasteiger partial charge in [0.1, 0.15) is 4.48 Å². The highest BCUT2D eigenvalue weighted by Gasteiger charge is 2.46. The highest BCUT2D eigenvalue weighted by Crippen LogP contribution is 2.40. The summed E-state index contributed by atoms with van der Waals surface area (Å²) in [5.41, 5.74) is -0.910. The molecule has 2 aliphatic rings. The van der Waals surface area contributed by atoms with Crippen LogP contribution in [0.5, 0.6) is 0 Å². The van der Waals surface area contributed by atoms with Gasteiger partial charge in [0.25, 0.3) is 0 Å². The minimum absolute atomic E-state index is 0.144. The van der Waals surface area contributed by atoms with Crippen LogP contribution in [0.1, 0.15) is 26.7 Å². The Morgan fingerprint density at radius 3 is 2.83 bits per heavy atom. The van der Waals surface area contributed by atoms with Crippen LogP contribution in [-0.2, 0) is 19.1 Å². The second-order valence-electron chi connectivity index (χ2n) is 4.93. The molecular weight excluding hydrogens is 300 g/mol. The zero-order valence-corrected chi connectivity index (χ0v) is 12.0. The van der Waals surface area contributed by atoms with Crippen LogP contribution in [0.25, 0.3) is 0 Å². The van der Waals surface area contributed by atoms with Gasteiger partial charge in [-0.2, -0.15) is 0 Å². The minimum atomic E-state index is -0.910. The van der Waals surface area contributed by atoms with Crippen molar-refractivity contribution in [3.63, 3.8) is 0 Å². The summed E-state index contributed by atoms with van der Waals surface area (Å²) in [5, 5.41) is 0. The molecule has 0 bridgehead atoms. The Bertz CT molecular complexity index is 450. The molecule has 1 heterocycles. The van der Waals surface area contributed by atoms with Crippen molar-refractivity contribution in [3.8, 4) is 0 Å². The Labute approximate surface area is 114 Å². The van der Waals surface area contributed by atoms with Gasteiger partial charge in [-0.1, -0.05) is 13.8 Å². The molecule has 0 spiro atoms. The predicted octanol–water partition coefficient (Wildman–Crippen LogP) is 2.48. The number of carbonyl (C=O) groups is 2. The summed E-state index contributed by atoms with van der Waals surface area (Å²) < 4.78 is 11.2. The van der Waals surface area contributed by atoms with Gasteiger partial charge < -0.3 is 9.47 Å². The molecule has 5 heteroatoms. The lowest BCUT2D eigenvalue weighted by Gasteiger charge is -2.38. The summed E-state index contributed by atoms with van der Waals surface area (Å²) in [7, 11) is 0. The standard InChI is InChI=1S/C13H15BrO4/c1-8(2)3-5-13-6-4-9(15)11(14)12(13)17-7-10(16)18-13/h4,6,8H,3,5,7H2,1-2H3/t13-/m0/s1. The molecule has 4 nitrogen and oxygen atoms in total. The summed E-state index contributed by atoms with van der Waals surface area (Å²) in [6.07, 6.45) is 4.55. The van der Waals surface area contributed by atoms with E-state index < -0.39 is 11.6 Å². The first kappa shape index (κ1) is 13.3. The van der Waals surface area contributed by atoms with E-state index in [4.69, 9.17) is 9.47 Å². The van der Waals surface area contributed by atoms with E-state index in [0.29, 0.717) is 22.6 Å². The van der Waals surface area contributed by atoms with Crippen LogP contribution in [0.15, 0.2) is 22.4 Å². The molecule has 98 valence electrons. The maximum atomic E-state index is 11.6. The highest BCUT2D eigenvalue weighted by molar-refractivity contribution is 9.12. The van der Waals surface area contributed by atoms with E-state index in [-0.39, 0.29) is 12.4 Å². The fourth-order valence-electron chi connectivity index (χ4n) is 2.04. The zero-order chi connectivity index (χ0) is 13.3. The van der Waals surface area contributed by atoms with Crippen LogP contribution >= 0.6 is 15.9 Å². The topological polar surface area (TPSA) is 52.6 Å². The Morgan fingerprint density at radius 2 is 2.17 bits per heavy atom. The maximum Gasteiger partial charge on any atom is 0.345 e. The van der Waals surface area contributed by atoms with E-state index >= 15 is 0 Å². The normalized spacial score (nSPS) is 27.1. The average Bonchev–Trinajstić information content (AvgIpc) is 2.32. The molecule has 0 unspecified atom stereocenters. The lowest BCUT2D eigenvalue weighted by molar-refractivity contribution is -0.171. The maximum absolute atomic E-state index is 11.6. The molecule has 0 aromatic rings. The molecule has 1 aliphatic heterocycles. The minimum Gasteiger partial charge on any atom is -0.480 e. The van der Waals surface area contributed by atoms with E-state index in [9.17, 15) is 9.59 Å². The van der Waals surface area contributed by atoms with E-state index in [2.05, 4.69) is 29.8 Å². The molecule has 0 aromatic carbocycles. The second kappa shape index (κ2) is 4.88. The monoisotopic (exact) mass is 314 g/mol. The molecule has 0 saturated carbocycles. The molecule has 18 heavy (non-hydrogen) atoms. The third-order valence-electron chi connectivity index (χ3n) is 3.03. The van der Waals surface area contributed by atoms with Gasteiger partial charge in [-0.05, 0) is 46.8 Å². The number of carbonyl (C=O) groups excluding carboxylic acids is 2. The highest BCUT2D eigenvalue weighted by atomic mass is 79.9. The van der Waals surface area contributed by atoms with Gasteiger partial charge in [0.05, 0.1) is 0 Å². The van der Waals surface area contributed by atoms with E-state index in [1.54, 1.807) is 6.08 Å². The fraction of sp³-hybridized carbons (Fsp3) is 0.538. The quantitative estimate of drug-likeness (QED) is 0.751. The Balaban J connectivity index is 2.34. The predicted molar refractivity (Wildman–Crippen MR) is 68.9 cm³/mol. The number of ketones is 1. The van der Waals surface area contributed by atoms with Crippen molar-refractivity contribution < 1.29 is 19.1 Å². The molecule has 0 N–H and O–H groups in total. The second-order valence-corrected chi connectivity index (χ2v) is 5.72. The van der Waals surface area contributed by atoms with E-state index in [0.717, 1.165) is 6.42 Å². The van der Waals surface area contributed by atoms with Crippen molar-refractivity contribution in [3.05, 3.63) is 22.4 Å². The molecule has 0 radical (unpaired) electrons. The summed E-state index contributed by atoms with van der Waals surface area (Å²) in [6.45, 7) is 4.05. The third kappa shape index (κ3) is 2.36. The summed E-state index contributed by atoms with van der Waals surface area (Å²) in [5.74, 6) is 0.339. The van der Waals surface area contributed by atoms with Crippen molar-refractivity contribution in [2.75, 3.05) is 6.61 Å². The number of esters is 1. The van der Waals surface area contributed by atoms with Crippen LogP contribution in [0, 0.1) is 5.92 Å². The first-order valence-electron chi connectivity index (χ1n) is 5.93.